The van der Waals surface area contributed by atoms with Gasteiger partial charge < -0.3 is 20.1 Å². The third-order valence-electron chi connectivity index (χ3n) is 9.44. The third-order valence-corrected chi connectivity index (χ3v) is 10.4. The van der Waals surface area contributed by atoms with E-state index in [0.29, 0.717) is 19.3 Å². The summed E-state index contributed by atoms with van der Waals surface area (Å²) < 4.78 is 32.8. The lowest BCUT2D eigenvalue weighted by molar-refractivity contribution is -0.161. The largest absolute Gasteiger partial charge is 0.472 e. The Bertz CT molecular complexity index is 1320. The van der Waals surface area contributed by atoms with E-state index in [1.165, 1.54) is 77.0 Å². The minimum atomic E-state index is -4.41. The Hall–Kier alpha value is -3.07. The Labute approximate surface area is 372 Å². The third kappa shape index (κ3) is 46.3. The molecule has 0 aliphatic carbocycles. The van der Waals surface area contributed by atoms with Crippen LogP contribution < -0.4 is 5.73 Å². The quantitative estimate of drug-likeness (QED) is 0.0266. The molecule has 10 heteroatoms. The highest BCUT2D eigenvalue weighted by atomic mass is 31.2. The minimum absolute atomic E-state index is 0.0348. The normalized spacial score (nSPS) is 14.1. The number of phosphoric acid groups is 1. The van der Waals surface area contributed by atoms with Crippen LogP contribution in [0.4, 0.5) is 0 Å². The lowest BCUT2D eigenvalue weighted by atomic mass is 10.1. The highest BCUT2D eigenvalue weighted by molar-refractivity contribution is 7.47. The lowest BCUT2D eigenvalue weighted by Gasteiger charge is -2.19. The summed E-state index contributed by atoms with van der Waals surface area (Å²) in [4.78, 5) is 34.9. The topological polar surface area (TPSA) is 134 Å². The van der Waals surface area contributed by atoms with Crippen molar-refractivity contribution in [1.29, 1.82) is 0 Å². The first-order valence-corrected chi connectivity index (χ1v) is 25.2. The molecule has 348 valence electrons. The number of carbonyl (C=O) groups excluding carboxylic acids is 2. The van der Waals surface area contributed by atoms with Gasteiger partial charge in [-0.15, -0.1) is 0 Å². The summed E-state index contributed by atoms with van der Waals surface area (Å²) in [7, 11) is -4.41. The molecule has 3 N–H and O–H groups in total. The molecular weight excluding hydrogens is 786 g/mol. The van der Waals surface area contributed by atoms with Gasteiger partial charge in [-0.25, -0.2) is 4.57 Å². The number of hydrogen-bond acceptors (Lipinski definition) is 8. The molecule has 0 heterocycles. The van der Waals surface area contributed by atoms with Gasteiger partial charge in [-0.3, -0.25) is 18.6 Å². The van der Waals surface area contributed by atoms with E-state index in [1.54, 1.807) is 0 Å². The Morgan fingerprint density at radius 2 is 0.869 bits per heavy atom. The van der Waals surface area contributed by atoms with E-state index < -0.39 is 32.5 Å². The summed E-state index contributed by atoms with van der Waals surface area (Å²) in [6, 6.07) is 0. The smallest absolute Gasteiger partial charge is 0.462 e. The van der Waals surface area contributed by atoms with Crippen molar-refractivity contribution in [2.45, 2.75) is 187 Å². The van der Waals surface area contributed by atoms with Crippen LogP contribution in [0.1, 0.15) is 181 Å². The maximum Gasteiger partial charge on any atom is 0.472 e. The molecule has 0 spiro atoms. The van der Waals surface area contributed by atoms with Gasteiger partial charge >= 0.3 is 19.8 Å². The molecule has 9 nitrogen and oxygen atoms in total. The summed E-state index contributed by atoms with van der Waals surface area (Å²) >= 11 is 0. The second-order valence-electron chi connectivity index (χ2n) is 15.3. The van der Waals surface area contributed by atoms with E-state index in [1.807, 2.05) is 6.08 Å². The maximum absolute atomic E-state index is 12.6. The van der Waals surface area contributed by atoms with E-state index >= 15 is 0 Å². The fourth-order valence-electron chi connectivity index (χ4n) is 5.90. The maximum atomic E-state index is 12.6. The lowest BCUT2D eigenvalue weighted by Crippen LogP contribution is -2.29. The Kier molecular flexibility index (Phi) is 44.1. The molecule has 2 atom stereocenters. The summed E-state index contributed by atoms with van der Waals surface area (Å²) in [6.07, 6.45) is 60.2. The molecule has 0 saturated heterocycles. The number of ether oxygens (including phenoxy) is 2. The molecule has 0 aromatic carbocycles. The van der Waals surface area contributed by atoms with Crippen LogP contribution in [0.5, 0.6) is 0 Å². The number of unbranched alkanes of at least 4 members (excludes halogenated alkanes) is 14. The first-order chi connectivity index (χ1) is 29.8. The van der Waals surface area contributed by atoms with Crippen LogP contribution in [0.15, 0.2) is 97.2 Å². The SMILES string of the molecule is CCCCC/C=C/C/C=C/C/C=C/C/C=C/CCCCCC(=O)OC[C@H](COP(=O)(O)OCCN)OC(=O)CCC/C=C/C/C=C/C/C=C/C/C=C/CCCCCCCCC. The summed E-state index contributed by atoms with van der Waals surface area (Å²) in [6.45, 7) is 3.59. The van der Waals surface area contributed by atoms with Crippen LogP contribution in [-0.4, -0.2) is 49.3 Å². The zero-order valence-corrected chi connectivity index (χ0v) is 39.3. The molecule has 0 fully saturated rings. The monoisotopic (exact) mass is 872 g/mol. The van der Waals surface area contributed by atoms with Gasteiger partial charge in [0.25, 0.3) is 0 Å². The molecule has 0 aromatic heterocycles. The fourth-order valence-corrected chi connectivity index (χ4v) is 6.67. The van der Waals surface area contributed by atoms with Crippen LogP contribution in [-0.2, 0) is 32.7 Å². The minimum Gasteiger partial charge on any atom is -0.462 e. The van der Waals surface area contributed by atoms with Crippen LogP contribution >= 0.6 is 7.82 Å². The standard InChI is InChI=1S/C51H86NO8P/c1-3-5-7-9-11-13-15-17-19-21-23-24-26-28-30-32-34-36-38-40-42-44-51(54)60-49(48-59-61(55,56)58-46-45-52)47-57-50(53)43-41-39-37-35-33-31-29-27-25-22-20-18-16-14-12-10-8-6-4-2/h12,14,18-21,24-27,30-33,36,38,49H,3-11,13,15-17,22-23,28-29,34-35,37,39-48,52H2,1-2H3,(H,55,56)/b14-12+,20-18+,21-19+,26-24+,27-25+,32-30+,33-31+,38-36+/t49-/m1/s1. The molecule has 0 saturated carbocycles. The average molecular weight is 872 g/mol. The van der Waals surface area contributed by atoms with Gasteiger partial charge in [0, 0.05) is 19.4 Å². The first-order valence-electron chi connectivity index (χ1n) is 23.7. The van der Waals surface area contributed by atoms with Crippen molar-refractivity contribution < 1.29 is 37.6 Å². The van der Waals surface area contributed by atoms with Crippen molar-refractivity contribution in [2.75, 3.05) is 26.4 Å². The van der Waals surface area contributed by atoms with Crippen LogP contribution in [0.2, 0.25) is 0 Å². The Morgan fingerprint density at radius 1 is 0.492 bits per heavy atom. The summed E-state index contributed by atoms with van der Waals surface area (Å²) in [5.41, 5.74) is 5.35. The Balaban J connectivity index is 4.29. The van der Waals surface area contributed by atoms with Gasteiger partial charge in [0.05, 0.1) is 13.2 Å². The molecule has 61 heavy (non-hydrogen) atoms. The van der Waals surface area contributed by atoms with Crippen molar-refractivity contribution in [3.8, 4) is 0 Å². The molecule has 1 unspecified atom stereocenters. The predicted octanol–water partition coefficient (Wildman–Crippen LogP) is 14.2. The molecule has 0 aliphatic heterocycles. The van der Waals surface area contributed by atoms with E-state index in [-0.39, 0.29) is 32.6 Å². The van der Waals surface area contributed by atoms with Crippen molar-refractivity contribution in [3.05, 3.63) is 97.2 Å². The summed E-state index contributed by atoms with van der Waals surface area (Å²) in [5.74, 6) is -0.938. The summed E-state index contributed by atoms with van der Waals surface area (Å²) in [5, 5.41) is 0. The van der Waals surface area contributed by atoms with E-state index in [2.05, 4.69) is 105 Å². The molecule has 0 amide bonds. The van der Waals surface area contributed by atoms with Crippen molar-refractivity contribution in [3.63, 3.8) is 0 Å². The fraction of sp³-hybridized carbons (Fsp3) is 0.647. The molecule has 0 aliphatic rings. The molecule has 0 rings (SSSR count). The second kappa shape index (κ2) is 46.4. The van der Waals surface area contributed by atoms with Gasteiger partial charge in [-0.1, -0.05) is 169 Å². The number of allylic oxidation sites excluding steroid dienone is 16. The zero-order chi connectivity index (χ0) is 44.6. The number of hydrogen-bond donors (Lipinski definition) is 2. The number of rotatable bonds is 43. The van der Waals surface area contributed by atoms with Gasteiger partial charge in [0.1, 0.15) is 6.61 Å². The highest BCUT2D eigenvalue weighted by Gasteiger charge is 2.25. The predicted molar refractivity (Wildman–Crippen MR) is 256 cm³/mol. The van der Waals surface area contributed by atoms with Crippen LogP contribution in [0, 0.1) is 0 Å². The van der Waals surface area contributed by atoms with E-state index in [0.717, 1.165) is 57.8 Å². The number of esters is 2. The van der Waals surface area contributed by atoms with Gasteiger partial charge in [0.15, 0.2) is 6.10 Å². The second-order valence-corrected chi connectivity index (χ2v) is 16.7. The first kappa shape index (κ1) is 57.9. The highest BCUT2D eigenvalue weighted by Crippen LogP contribution is 2.43. The van der Waals surface area contributed by atoms with Crippen molar-refractivity contribution >= 4 is 19.8 Å². The molecular formula is C51H86NO8P. The Morgan fingerprint density at radius 3 is 1.34 bits per heavy atom. The van der Waals surface area contributed by atoms with Gasteiger partial charge in [-0.2, -0.15) is 0 Å². The van der Waals surface area contributed by atoms with Gasteiger partial charge in [-0.05, 0) is 96.3 Å². The zero-order valence-electron chi connectivity index (χ0n) is 38.4. The van der Waals surface area contributed by atoms with Gasteiger partial charge in [0.2, 0.25) is 0 Å². The van der Waals surface area contributed by atoms with Crippen molar-refractivity contribution in [1.82, 2.24) is 0 Å². The van der Waals surface area contributed by atoms with Crippen LogP contribution in [0.25, 0.3) is 0 Å². The molecule has 0 bridgehead atoms. The van der Waals surface area contributed by atoms with Crippen molar-refractivity contribution in [2.24, 2.45) is 5.73 Å². The van der Waals surface area contributed by atoms with E-state index in [4.69, 9.17) is 24.3 Å². The average Bonchev–Trinajstić information content (AvgIpc) is 3.25. The van der Waals surface area contributed by atoms with Crippen LogP contribution in [0.3, 0.4) is 0 Å². The number of carbonyl (C=O) groups is 2. The molecule has 0 aromatic rings. The van der Waals surface area contributed by atoms with E-state index in [9.17, 15) is 19.0 Å². The number of nitrogens with two attached hydrogens (primary N) is 1. The molecule has 0 radical (unpaired) electrons. The number of phosphoric ester groups is 1.